The second-order valence-electron chi connectivity index (χ2n) is 6.14. The van der Waals surface area contributed by atoms with Crippen molar-refractivity contribution < 1.29 is 14.5 Å². The lowest BCUT2D eigenvalue weighted by atomic mass is 10.0. The van der Waals surface area contributed by atoms with Crippen molar-refractivity contribution in [2.75, 3.05) is 0 Å². The predicted molar refractivity (Wildman–Crippen MR) is 109 cm³/mol. The van der Waals surface area contributed by atoms with Crippen LogP contribution in [-0.4, -0.2) is 22.3 Å². The van der Waals surface area contributed by atoms with Crippen LogP contribution in [0, 0.1) is 10.1 Å². The molecule has 0 radical (unpaired) electrons. The van der Waals surface area contributed by atoms with Crippen molar-refractivity contribution in [1.29, 1.82) is 0 Å². The Morgan fingerprint density at radius 3 is 2.03 bits per heavy atom. The molecule has 0 unspecified atom stereocenters. The van der Waals surface area contributed by atoms with Gasteiger partial charge in [-0.05, 0) is 11.6 Å². The van der Waals surface area contributed by atoms with E-state index in [0.717, 1.165) is 0 Å². The minimum atomic E-state index is -0.603. The summed E-state index contributed by atoms with van der Waals surface area (Å²) in [5.74, 6) is -0.743. The summed E-state index contributed by atoms with van der Waals surface area (Å²) in [7, 11) is 0. The zero-order valence-corrected chi connectivity index (χ0v) is 15.3. The topological polar surface area (TPSA) is 102 Å². The molecule has 1 amide bonds. The molecule has 3 aromatic carbocycles. The highest BCUT2D eigenvalue weighted by atomic mass is 16.6. The van der Waals surface area contributed by atoms with E-state index < -0.39 is 10.8 Å². The zero-order chi connectivity index (χ0) is 20.6. The second kappa shape index (κ2) is 9.18. The highest BCUT2D eigenvalue weighted by molar-refractivity contribution is 6.16. The van der Waals surface area contributed by atoms with Gasteiger partial charge >= 0.3 is 0 Å². The molecule has 0 aliphatic heterocycles. The van der Waals surface area contributed by atoms with Crippen LogP contribution in [0.3, 0.4) is 0 Å². The Morgan fingerprint density at radius 1 is 0.828 bits per heavy atom. The molecule has 1 N–H and O–H groups in total. The highest BCUT2D eigenvalue weighted by Crippen LogP contribution is 2.13. The number of nitro benzene ring substituents is 1. The summed E-state index contributed by atoms with van der Waals surface area (Å²) >= 11 is 0. The first-order valence-corrected chi connectivity index (χ1v) is 8.79. The third-order valence-electron chi connectivity index (χ3n) is 4.14. The van der Waals surface area contributed by atoms with E-state index in [9.17, 15) is 19.7 Å². The van der Waals surface area contributed by atoms with Gasteiger partial charge in [-0.1, -0.05) is 66.7 Å². The van der Waals surface area contributed by atoms with Crippen LogP contribution in [0.1, 0.15) is 32.7 Å². The Labute approximate surface area is 166 Å². The Morgan fingerprint density at radius 2 is 1.41 bits per heavy atom. The van der Waals surface area contributed by atoms with Crippen LogP contribution in [0.25, 0.3) is 0 Å². The minimum absolute atomic E-state index is 0.0107. The Balaban J connectivity index is 1.83. The van der Waals surface area contributed by atoms with Crippen molar-refractivity contribution in [2.45, 2.75) is 6.42 Å². The lowest BCUT2D eigenvalue weighted by Gasteiger charge is -2.08. The van der Waals surface area contributed by atoms with Gasteiger partial charge in [-0.2, -0.15) is 5.10 Å². The van der Waals surface area contributed by atoms with Crippen LogP contribution >= 0.6 is 0 Å². The van der Waals surface area contributed by atoms with Gasteiger partial charge in [-0.25, -0.2) is 5.43 Å². The van der Waals surface area contributed by atoms with Crippen LogP contribution in [0.5, 0.6) is 0 Å². The highest BCUT2D eigenvalue weighted by Gasteiger charge is 2.14. The molecule has 0 bridgehead atoms. The fraction of sp³-hybridized carbons (Fsp3) is 0.0455. The van der Waals surface area contributed by atoms with Gasteiger partial charge < -0.3 is 0 Å². The summed E-state index contributed by atoms with van der Waals surface area (Å²) < 4.78 is 0. The number of nitrogens with one attached hydrogen (secondary N) is 1. The maximum Gasteiger partial charge on any atom is 0.271 e. The summed E-state index contributed by atoms with van der Waals surface area (Å²) in [6.07, 6.45) is -0.0107. The molecule has 0 saturated carbocycles. The quantitative estimate of drug-likeness (QED) is 0.286. The van der Waals surface area contributed by atoms with Crippen molar-refractivity contribution >= 4 is 23.1 Å². The van der Waals surface area contributed by atoms with Crippen molar-refractivity contribution in [2.24, 2.45) is 5.10 Å². The maximum atomic E-state index is 12.6. The third-order valence-corrected chi connectivity index (χ3v) is 4.14. The fourth-order valence-corrected chi connectivity index (χ4v) is 2.66. The van der Waals surface area contributed by atoms with Gasteiger partial charge in [0.25, 0.3) is 11.6 Å². The fourth-order valence-electron chi connectivity index (χ4n) is 2.66. The average molecular weight is 387 g/mol. The van der Waals surface area contributed by atoms with Gasteiger partial charge in [0.2, 0.25) is 0 Å². The number of carbonyl (C=O) groups is 2. The smallest absolute Gasteiger partial charge is 0.271 e. The molecule has 7 nitrogen and oxygen atoms in total. The number of nitro groups is 1. The van der Waals surface area contributed by atoms with Crippen molar-refractivity contribution in [3.05, 3.63) is 112 Å². The number of hydrogen-bond donors (Lipinski definition) is 1. The van der Waals surface area contributed by atoms with E-state index in [4.69, 9.17) is 0 Å². The van der Waals surface area contributed by atoms with E-state index in [2.05, 4.69) is 10.5 Å². The number of rotatable bonds is 7. The van der Waals surface area contributed by atoms with Crippen LogP contribution in [0.15, 0.2) is 90.0 Å². The first-order chi connectivity index (χ1) is 14.0. The zero-order valence-electron chi connectivity index (χ0n) is 15.3. The van der Waals surface area contributed by atoms with E-state index in [0.29, 0.717) is 16.8 Å². The number of non-ortho nitro benzene ring substituents is 1. The Kier molecular flexibility index (Phi) is 6.22. The molecule has 144 valence electrons. The standard InChI is InChI=1S/C22H17N3O4/c26-21(17-10-5-2-6-11-17)15-20(16-8-3-1-4-9-16)23-24-22(27)18-12-7-13-19(14-18)25(28)29/h1-14H,15H2,(H,24,27)/b23-20+. The first kappa shape index (κ1) is 19.6. The molecule has 0 aromatic heterocycles. The summed E-state index contributed by atoms with van der Waals surface area (Å²) in [6, 6.07) is 23.2. The Bertz CT molecular complexity index is 1060. The minimum Gasteiger partial charge on any atom is -0.294 e. The summed E-state index contributed by atoms with van der Waals surface area (Å²) in [5.41, 5.74) is 3.93. The number of ketones is 1. The molecular formula is C22H17N3O4. The van der Waals surface area contributed by atoms with Crippen molar-refractivity contribution in [1.82, 2.24) is 5.43 Å². The van der Waals surface area contributed by atoms with Gasteiger partial charge in [0.15, 0.2) is 5.78 Å². The monoisotopic (exact) mass is 387 g/mol. The molecule has 7 heteroatoms. The number of carbonyl (C=O) groups excluding carboxylic acids is 2. The first-order valence-electron chi connectivity index (χ1n) is 8.79. The number of hydrogen-bond acceptors (Lipinski definition) is 5. The number of nitrogens with zero attached hydrogens (tertiary/aromatic N) is 2. The van der Waals surface area contributed by atoms with E-state index in [1.165, 1.54) is 24.3 Å². The predicted octanol–water partition coefficient (Wildman–Crippen LogP) is 4.00. The van der Waals surface area contributed by atoms with Crippen LogP contribution in [0.4, 0.5) is 5.69 Å². The molecule has 0 heterocycles. The molecule has 3 rings (SSSR count). The summed E-state index contributed by atoms with van der Waals surface area (Å²) in [4.78, 5) is 35.3. The summed E-state index contributed by atoms with van der Waals surface area (Å²) in [5, 5.41) is 15.0. The molecule has 0 saturated heterocycles. The van der Waals surface area contributed by atoms with Crippen LogP contribution < -0.4 is 5.43 Å². The number of amides is 1. The van der Waals surface area contributed by atoms with Gasteiger partial charge in [0.05, 0.1) is 17.1 Å². The van der Waals surface area contributed by atoms with E-state index in [1.807, 2.05) is 12.1 Å². The SMILES string of the molecule is O=C(C/C(=N\NC(=O)c1cccc([N+](=O)[O-])c1)c1ccccc1)c1ccccc1. The van der Waals surface area contributed by atoms with Gasteiger partial charge in [-0.15, -0.1) is 0 Å². The normalized spacial score (nSPS) is 11.0. The van der Waals surface area contributed by atoms with E-state index in [1.54, 1.807) is 48.5 Å². The number of Topliss-reactive ketones (excluding diaryl/α,β-unsaturated/α-hetero) is 1. The van der Waals surface area contributed by atoms with Gasteiger partial charge in [0, 0.05) is 23.3 Å². The second-order valence-corrected chi connectivity index (χ2v) is 6.14. The lowest BCUT2D eigenvalue weighted by Crippen LogP contribution is -2.21. The largest absolute Gasteiger partial charge is 0.294 e. The van der Waals surface area contributed by atoms with E-state index >= 15 is 0 Å². The molecule has 3 aromatic rings. The lowest BCUT2D eigenvalue weighted by molar-refractivity contribution is -0.384. The molecular weight excluding hydrogens is 370 g/mol. The van der Waals surface area contributed by atoms with Crippen molar-refractivity contribution in [3.63, 3.8) is 0 Å². The molecule has 0 spiro atoms. The molecule has 0 aliphatic carbocycles. The third kappa shape index (κ3) is 5.20. The van der Waals surface area contributed by atoms with Gasteiger partial charge in [-0.3, -0.25) is 19.7 Å². The molecule has 0 aliphatic rings. The van der Waals surface area contributed by atoms with E-state index in [-0.39, 0.29) is 23.5 Å². The van der Waals surface area contributed by atoms with Crippen LogP contribution in [-0.2, 0) is 0 Å². The van der Waals surface area contributed by atoms with Gasteiger partial charge in [0.1, 0.15) is 0 Å². The molecule has 0 fully saturated rings. The average Bonchev–Trinajstić information content (AvgIpc) is 2.77. The number of benzene rings is 3. The number of hydrazone groups is 1. The maximum absolute atomic E-state index is 12.6. The molecule has 29 heavy (non-hydrogen) atoms. The molecule has 0 atom stereocenters. The van der Waals surface area contributed by atoms with Crippen LogP contribution in [0.2, 0.25) is 0 Å². The summed E-state index contributed by atoms with van der Waals surface area (Å²) in [6.45, 7) is 0. The Hall–Kier alpha value is -4.13. The van der Waals surface area contributed by atoms with Crippen molar-refractivity contribution in [3.8, 4) is 0 Å².